The second kappa shape index (κ2) is 3.90. The van der Waals surface area contributed by atoms with Crippen LogP contribution in [0.4, 0.5) is 13.2 Å². The molecule has 0 aliphatic heterocycles. The van der Waals surface area contributed by atoms with Crippen molar-refractivity contribution in [2.45, 2.75) is 57.2 Å². The van der Waals surface area contributed by atoms with Gasteiger partial charge in [-0.15, -0.1) is 0 Å². The molecule has 0 aromatic carbocycles. The van der Waals surface area contributed by atoms with Crippen molar-refractivity contribution >= 4 is 0 Å². The lowest BCUT2D eigenvalue weighted by Crippen LogP contribution is -2.46. The van der Waals surface area contributed by atoms with Crippen LogP contribution in [-0.2, 0) is 0 Å². The smallest absolute Gasteiger partial charge is 0.380 e. The average molecular weight is 236 g/mol. The van der Waals surface area contributed by atoms with Crippen molar-refractivity contribution in [3.8, 4) is 0 Å². The molecule has 0 amide bonds. The van der Waals surface area contributed by atoms with E-state index in [9.17, 15) is 18.3 Å². The van der Waals surface area contributed by atoms with Crippen LogP contribution in [-0.4, -0.2) is 16.9 Å². The molecule has 0 saturated heterocycles. The van der Waals surface area contributed by atoms with Crippen molar-refractivity contribution in [1.82, 2.24) is 0 Å². The Labute approximate surface area is 94.0 Å². The van der Waals surface area contributed by atoms with Gasteiger partial charge in [-0.05, 0) is 49.9 Å². The molecule has 2 saturated carbocycles. The number of halogens is 3. The summed E-state index contributed by atoms with van der Waals surface area (Å²) in [5.74, 6) is 1.15. The summed E-state index contributed by atoms with van der Waals surface area (Å²) >= 11 is 0. The number of hydrogen-bond acceptors (Lipinski definition) is 1. The van der Waals surface area contributed by atoms with Gasteiger partial charge in [0.15, 0.2) is 5.60 Å². The Morgan fingerprint density at radius 3 is 2.25 bits per heavy atom. The molecule has 0 aromatic rings. The maximum Gasteiger partial charge on any atom is 0.417 e. The second-order valence-corrected chi connectivity index (χ2v) is 5.52. The summed E-state index contributed by atoms with van der Waals surface area (Å²) in [5, 5.41) is 9.72. The zero-order valence-corrected chi connectivity index (χ0v) is 9.56. The minimum Gasteiger partial charge on any atom is -0.380 e. The fraction of sp³-hybridized carbons (Fsp3) is 1.00. The Balaban J connectivity index is 2.02. The third-order valence-electron chi connectivity index (χ3n) is 4.60. The summed E-state index contributed by atoms with van der Waals surface area (Å²) in [7, 11) is 0. The van der Waals surface area contributed by atoms with Gasteiger partial charge in [0.2, 0.25) is 0 Å². The van der Waals surface area contributed by atoms with Crippen molar-refractivity contribution in [2.24, 2.45) is 17.8 Å². The first-order valence-corrected chi connectivity index (χ1v) is 6.15. The molecule has 4 unspecified atom stereocenters. The molecule has 0 heterocycles. The number of fused-ring (bicyclic) bond motifs is 2. The molecule has 2 aliphatic carbocycles. The third kappa shape index (κ3) is 1.96. The van der Waals surface area contributed by atoms with Gasteiger partial charge in [-0.3, -0.25) is 0 Å². The van der Waals surface area contributed by atoms with Crippen molar-refractivity contribution in [3.05, 3.63) is 0 Å². The highest BCUT2D eigenvalue weighted by Gasteiger charge is 2.55. The first-order chi connectivity index (χ1) is 7.36. The standard InChI is InChI=1S/C12H19F3O/c1-2-11(16,12(13,14)15)7-10-6-8-3-4-9(10)5-8/h8-10,16H,2-7H2,1H3. The number of rotatable bonds is 3. The van der Waals surface area contributed by atoms with Crippen LogP contribution < -0.4 is 0 Å². The van der Waals surface area contributed by atoms with E-state index in [2.05, 4.69) is 0 Å². The second-order valence-electron chi connectivity index (χ2n) is 5.52. The molecule has 1 N–H and O–H groups in total. The van der Waals surface area contributed by atoms with Crippen LogP contribution in [0.2, 0.25) is 0 Å². The molecule has 4 heteroatoms. The van der Waals surface area contributed by atoms with E-state index in [1.165, 1.54) is 13.3 Å². The summed E-state index contributed by atoms with van der Waals surface area (Å²) in [6, 6.07) is 0. The van der Waals surface area contributed by atoms with E-state index < -0.39 is 11.8 Å². The molecular weight excluding hydrogens is 217 g/mol. The van der Waals surface area contributed by atoms with E-state index in [0.29, 0.717) is 11.8 Å². The van der Waals surface area contributed by atoms with E-state index in [1.54, 1.807) is 0 Å². The summed E-state index contributed by atoms with van der Waals surface area (Å²) < 4.78 is 38.3. The molecule has 4 atom stereocenters. The van der Waals surface area contributed by atoms with Crippen molar-refractivity contribution in [1.29, 1.82) is 0 Å². The largest absolute Gasteiger partial charge is 0.417 e. The molecule has 2 fully saturated rings. The van der Waals surface area contributed by atoms with Gasteiger partial charge in [-0.25, -0.2) is 0 Å². The number of alkyl halides is 3. The van der Waals surface area contributed by atoms with Crippen LogP contribution in [0.15, 0.2) is 0 Å². The van der Waals surface area contributed by atoms with E-state index in [0.717, 1.165) is 19.3 Å². The maximum atomic E-state index is 12.8. The van der Waals surface area contributed by atoms with Crippen molar-refractivity contribution < 1.29 is 18.3 Å². The Kier molecular flexibility index (Phi) is 2.97. The normalized spacial score (nSPS) is 37.7. The molecule has 2 rings (SSSR count). The van der Waals surface area contributed by atoms with E-state index >= 15 is 0 Å². The fourth-order valence-electron chi connectivity index (χ4n) is 3.52. The van der Waals surface area contributed by atoms with E-state index in [-0.39, 0.29) is 18.8 Å². The van der Waals surface area contributed by atoms with Crippen LogP contribution in [0.3, 0.4) is 0 Å². The van der Waals surface area contributed by atoms with Crippen LogP contribution in [0, 0.1) is 17.8 Å². The summed E-state index contributed by atoms with van der Waals surface area (Å²) in [6.07, 6.45) is -0.585. The van der Waals surface area contributed by atoms with Gasteiger partial charge in [-0.2, -0.15) is 13.2 Å². The minimum atomic E-state index is -4.48. The Hall–Kier alpha value is -0.250. The predicted octanol–water partition coefficient (Wildman–Crippen LogP) is 3.52. The monoisotopic (exact) mass is 236 g/mol. The molecule has 0 aromatic heterocycles. The fourth-order valence-corrected chi connectivity index (χ4v) is 3.52. The van der Waals surface area contributed by atoms with Crippen LogP contribution in [0.5, 0.6) is 0 Å². The molecule has 1 nitrogen and oxygen atoms in total. The molecule has 0 spiro atoms. The topological polar surface area (TPSA) is 20.2 Å². The molecule has 94 valence electrons. The van der Waals surface area contributed by atoms with Crippen molar-refractivity contribution in [2.75, 3.05) is 0 Å². The maximum absolute atomic E-state index is 12.8. The van der Waals surface area contributed by atoms with Gasteiger partial charge >= 0.3 is 6.18 Å². The third-order valence-corrected chi connectivity index (χ3v) is 4.60. The van der Waals surface area contributed by atoms with Gasteiger partial charge < -0.3 is 5.11 Å². The lowest BCUT2D eigenvalue weighted by atomic mass is 9.79. The molecule has 2 bridgehead atoms. The number of hydrogen-bond donors (Lipinski definition) is 1. The minimum absolute atomic E-state index is 0.0883. The van der Waals surface area contributed by atoms with Gasteiger partial charge in [0.05, 0.1) is 0 Å². The SMILES string of the molecule is CCC(O)(CC1CC2CCC1C2)C(F)(F)F. The van der Waals surface area contributed by atoms with E-state index in [4.69, 9.17) is 0 Å². The zero-order valence-electron chi connectivity index (χ0n) is 9.56. The number of aliphatic hydroxyl groups is 1. The van der Waals surface area contributed by atoms with Crippen molar-refractivity contribution in [3.63, 3.8) is 0 Å². The first kappa shape index (κ1) is 12.2. The van der Waals surface area contributed by atoms with Gasteiger partial charge in [0, 0.05) is 0 Å². The average Bonchev–Trinajstić information content (AvgIpc) is 2.77. The first-order valence-electron chi connectivity index (χ1n) is 6.15. The Morgan fingerprint density at radius 2 is 1.88 bits per heavy atom. The van der Waals surface area contributed by atoms with E-state index in [1.807, 2.05) is 0 Å². The van der Waals surface area contributed by atoms with Crippen LogP contribution in [0.25, 0.3) is 0 Å². The van der Waals surface area contributed by atoms with Crippen LogP contribution >= 0.6 is 0 Å². The van der Waals surface area contributed by atoms with Gasteiger partial charge in [0.1, 0.15) is 0 Å². The lowest BCUT2D eigenvalue weighted by molar-refractivity contribution is -0.268. The Bertz CT molecular complexity index is 263. The molecule has 16 heavy (non-hydrogen) atoms. The van der Waals surface area contributed by atoms with Crippen LogP contribution in [0.1, 0.15) is 45.4 Å². The summed E-state index contributed by atoms with van der Waals surface area (Å²) in [5.41, 5.74) is -2.46. The summed E-state index contributed by atoms with van der Waals surface area (Å²) in [6.45, 7) is 1.42. The molecular formula is C12H19F3O. The highest BCUT2D eigenvalue weighted by Crippen LogP contribution is 2.52. The lowest BCUT2D eigenvalue weighted by Gasteiger charge is -2.34. The highest BCUT2D eigenvalue weighted by atomic mass is 19.4. The summed E-state index contributed by atoms with van der Waals surface area (Å²) in [4.78, 5) is 0. The molecule has 0 radical (unpaired) electrons. The van der Waals surface area contributed by atoms with Gasteiger partial charge in [-0.1, -0.05) is 13.3 Å². The zero-order chi connectivity index (χ0) is 12.0. The molecule has 2 aliphatic rings. The highest BCUT2D eigenvalue weighted by molar-refractivity contribution is 4.96. The quantitative estimate of drug-likeness (QED) is 0.795. The Morgan fingerprint density at radius 1 is 1.19 bits per heavy atom. The predicted molar refractivity (Wildman–Crippen MR) is 54.9 cm³/mol. The van der Waals surface area contributed by atoms with Gasteiger partial charge in [0.25, 0.3) is 0 Å².